The number of phenols is 1. The lowest BCUT2D eigenvalue weighted by Gasteiger charge is -2.12. The Balaban J connectivity index is 1.99. The summed E-state index contributed by atoms with van der Waals surface area (Å²) in [6.07, 6.45) is 0.809. The predicted octanol–water partition coefficient (Wildman–Crippen LogP) is 4.01. The number of rotatable bonds is 3. The molecule has 1 unspecified atom stereocenters. The maximum absolute atomic E-state index is 12.2. The molecule has 2 aromatic carbocycles. The van der Waals surface area contributed by atoms with Gasteiger partial charge in [0.25, 0.3) is 5.56 Å². The standard InChI is InChI=1S/C20H18N2O2S/c1-11(21)10-12-2-4-13(5-3-12)17-16(23)7-6-15-18(17)14-8-9-25-19(14)20(24)22-15/h2-9,11,23H,10,21H2,1H3,(H,22,24). The van der Waals surface area contributed by atoms with E-state index in [9.17, 15) is 9.90 Å². The van der Waals surface area contributed by atoms with E-state index < -0.39 is 0 Å². The van der Waals surface area contributed by atoms with Crippen LogP contribution < -0.4 is 11.3 Å². The maximum atomic E-state index is 12.2. The van der Waals surface area contributed by atoms with Crippen LogP contribution in [0.1, 0.15) is 12.5 Å². The highest BCUT2D eigenvalue weighted by Gasteiger charge is 2.15. The van der Waals surface area contributed by atoms with E-state index in [-0.39, 0.29) is 17.4 Å². The van der Waals surface area contributed by atoms with Gasteiger partial charge >= 0.3 is 0 Å². The van der Waals surface area contributed by atoms with Crippen molar-refractivity contribution in [2.24, 2.45) is 5.73 Å². The van der Waals surface area contributed by atoms with Crippen molar-refractivity contribution in [2.75, 3.05) is 0 Å². The van der Waals surface area contributed by atoms with Crippen LogP contribution in [-0.2, 0) is 6.42 Å². The fraction of sp³-hybridized carbons (Fsp3) is 0.150. The molecule has 0 aliphatic rings. The second kappa shape index (κ2) is 6.02. The minimum absolute atomic E-state index is 0.0959. The minimum Gasteiger partial charge on any atom is -0.507 e. The Labute approximate surface area is 148 Å². The fourth-order valence-corrected chi connectivity index (χ4v) is 4.10. The molecule has 0 saturated carbocycles. The molecule has 1 atom stereocenters. The molecular weight excluding hydrogens is 332 g/mol. The molecule has 4 nitrogen and oxygen atoms in total. The van der Waals surface area contributed by atoms with E-state index in [0.717, 1.165) is 39.4 Å². The predicted molar refractivity (Wildman–Crippen MR) is 104 cm³/mol. The van der Waals surface area contributed by atoms with Gasteiger partial charge in [-0.2, -0.15) is 0 Å². The van der Waals surface area contributed by atoms with E-state index in [1.165, 1.54) is 11.3 Å². The molecule has 5 heteroatoms. The number of fused-ring (bicyclic) bond motifs is 3. The molecule has 4 N–H and O–H groups in total. The van der Waals surface area contributed by atoms with Gasteiger partial charge in [-0.15, -0.1) is 11.3 Å². The van der Waals surface area contributed by atoms with Crippen molar-refractivity contribution < 1.29 is 5.11 Å². The van der Waals surface area contributed by atoms with E-state index in [1.54, 1.807) is 12.1 Å². The SMILES string of the molecule is CC(N)Cc1ccc(-c2c(O)ccc3[nH]c(=O)c4sccc4c23)cc1. The average Bonchev–Trinajstić information content (AvgIpc) is 3.06. The van der Waals surface area contributed by atoms with Crippen LogP contribution >= 0.6 is 11.3 Å². The Morgan fingerprint density at radius 2 is 1.92 bits per heavy atom. The molecule has 0 fully saturated rings. The van der Waals surface area contributed by atoms with Crippen molar-refractivity contribution >= 4 is 32.3 Å². The van der Waals surface area contributed by atoms with Crippen LogP contribution in [0.25, 0.3) is 32.1 Å². The van der Waals surface area contributed by atoms with Gasteiger partial charge < -0.3 is 15.8 Å². The van der Waals surface area contributed by atoms with Crippen molar-refractivity contribution in [3.63, 3.8) is 0 Å². The van der Waals surface area contributed by atoms with Gasteiger partial charge in [-0.1, -0.05) is 24.3 Å². The largest absolute Gasteiger partial charge is 0.507 e. The summed E-state index contributed by atoms with van der Waals surface area (Å²) in [6, 6.07) is 13.5. The number of hydrogen-bond donors (Lipinski definition) is 3. The van der Waals surface area contributed by atoms with Gasteiger partial charge in [-0.05, 0) is 48.1 Å². The monoisotopic (exact) mass is 350 g/mol. The van der Waals surface area contributed by atoms with Gasteiger partial charge in [-0.3, -0.25) is 4.79 Å². The van der Waals surface area contributed by atoms with Crippen LogP contribution in [0.3, 0.4) is 0 Å². The molecule has 126 valence electrons. The Morgan fingerprint density at radius 1 is 1.16 bits per heavy atom. The van der Waals surface area contributed by atoms with E-state index in [4.69, 9.17) is 5.73 Å². The molecular formula is C20H18N2O2S. The summed E-state index contributed by atoms with van der Waals surface area (Å²) in [4.78, 5) is 15.1. The van der Waals surface area contributed by atoms with Gasteiger partial charge in [0, 0.05) is 27.9 Å². The highest BCUT2D eigenvalue weighted by molar-refractivity contribution is 7.17. The summed E-state index contributed by atoms with van der Waals surface area (Å²) in [5, 5.41) is 14.2. The summed E-state index contributed by atoms with van der Waals surface area (Å²) < 4.78 is 0.674. The van der Waals surface area contributed by atoms with Gasteiger partial charge in [0.2, 0.25) is 0 Å². The maximum Gasteiger partial charge on any atom is 0.266 e. The van der Waals surface area contributed by atoms with Crippen molar-refractivity contribution in [3.8, 4) is 16.9 Å². The lowest BCUT2D eigenvalue weighted by atomic mass is 9.96. The van der Waals surface area contributed by atoms with Crippen LogP contribution in [0.5, 0.6) is 5.75 Å². The molecule has 0 aliphatic heterocycles. The van der Waals surface area contributed by atoms with Crippen LogP contribution in [0, 0.1) is 0 Å². The van der Waals surface area contributed by atoms with E-state index in [2.05, 4.69) is 4.98 Å². The summed E-state index contributed by atoms with van der Waals surface area (Å²) in [5.41, 5.74) is 9.31. The third kappa shape index (κ3) is 2.71. The Kier molecular flexibility index (Phi) is 3.82. The molecule has 4 aromatic rings. The van der Waals surface area contributed by atoms with Crippen molar-refractivity contribution in [3.05, 3.63) is 63.8 Å². The van der Waals surface area contributed by atoms with Crippen LogP contribution in [0.15, 0.2) is 52.6 Å². The van der Waals surface area contributed by atoms with Crippen molar-refractivity contribution in [1.29, 1.82) is 0 Å². The van der Waals surface area contributed by atoms with E-state index in [0.29, 0.717) is 4.70 Å². The molecule has 0 spiro atoms. The number of benzene rings is 2. The number of aromatic amines is 1. The zero-order valence-corrected chi connectivity index (χ0v) is 14.6. The van der Waals surface area contributed by atoms with Crippen molar-refractivity contribution in [1.82, 2.24) is 4.98 Å². The molecule has 25 heavy (non-hydrogen) atoms. The lowest BCUT2D eigenvalue weighted by molar-refractivity contribution is 0.478. The number of phenolic OH excluding ortho intramolecular Hbond substituents is 1. The third-order valence-electron chi connectivity index (χ3n) is 4.37. The van der Waals surface area contributed by atoms with Gasteiger partial charge in [0.15, 0.2) is 0 Å². The second-order valence-electron chi connectivity index (χ2n) is 6.38. The number of aromatic nitrogens is 1. The zero-order chi connectivity index (χ0) is 17.6. The Hall–Kier alpha value is -2.63. The summed E-state index contributed by atoms with van der Waals surface area (Å²) in [5.74, 6) is 0.201. The Morgan fingerprint density at radius 3 is 2.64 bits per heavy atom. The molecule has 2 aromatic heterocycles. The lowest BCUT2D eigenvalue weighted by Crippen LogP contribution is -2.17. The van der Waals surface area contributed by atoms with Gasteiger partial charge in [0.1, 0.15) is 10.4 Å². The zero-order valence-electron chi connectivity index (χ0n) is 13.7. The first kappa shape index (κ1) is 15.9. The number of pyridine rings is 1. The molecule has 0 bridgehead atoms. The highest BCUT2D eigenvalue weighted by Crippen LogP contribution is 2.39. The first-order chi connectivity index (χ1) is 12.0. The first-order valence-corrected chi connectivity index (χ1v) is 9.02. The molecule has 0 radical (unpaired) electrons. The minimum atomic E-state index is -0.0959. The number of thiophene rings is 1. The summed E-state index contributed by atoms with van der Waals surface area (Å²) in [6.45, 7) is 1.98. The first-order valence-electron chi connectivity index (χ1n) is 8.14. The molecule has 2 heterocycles. The summed E-state index contributed by atoms with van der Waals surface area (Å²) >= 11 is 1.41. The molecule has 0 aliphatic carbocycles. The average molecular weight is 350 g/mol. The smallest absolute Gasteiger partial charge is 0.266 e. The fourth-order valence-electron chi connectivity index (χ4n) is 3.31. The number of nitrogens with one attached hydrogen (secondary N) is 1. The normalized spacial score (nSPS) is 12.7. The van der Waals surface area contributed by atoms with E-state index >= 15 is 0 Å². The highest BCUT2D eigenvalue weighted by atomic mass is 32.1. The van der Waals surface area contributed by atoms with Gasteiger partial charge in [-0.25, -0.2) is 0 Å². The topological polar surface area (TPSA) is 79.1 Å². The second-order valence-corrected chi connectivity index (χ2v) is 7.29. The Bertz CT molecular complexity index is 1120. The van der Waals surface area contributed by atoms with Crippen LogP contribution in [0.2, 0.25) is 0 Å². The number of hydrogen-bond acceptors (Lipinski definition) is 4. The third-order valence-corrected chi connectivity index (χ3v) is 5.29. The molecule has 4 rings (SSSR count). The number of aromatic hydroxyl groups is 1. The van der Waals surface area contributed by atoms with Crippen LogP contribution in [0.4, 0.5) is 0 Å². The molecule has 0 saturated heterocycles. The summed E-state index contributed by atoms with van der Waals surface area (Å²) in [7, 11) is 0. The number of H-pyrrole nitrogens is 1. The van der Waals surface area contributed by atoms with Crippen molar-refractivity contribution in [2.45, 2.75) is 19.4 Å². The van der Waals surface area contributed by atoms with E-state index in [1.807, 2.05) is 42.6 Å². The van der Waals surface area contributed by atoms with Crippen LogP contribution in [-0.4, -0.2) is 16.1 Å². The quantitative estimate of drug-likeness (QED) is 0.522. The molecule has 0 amide bonds. The van der Waals surface area contributed by atoms with Gasteiger partial charge in [0.05, 0.1) is 0 Å². The number of nitrogens with two attached hydrogens (primary N) is 1.